The molecule has 0 spiro atoms. The fourth-order valence-electron chi connectivity index (χ4n) is 3.92. The minimum absolute atomic E-state index is 0.124. The first-order valence-corrected chi connectivity index (χ1v) is 11.1. The Morgan fingerprint density at radius 1 is 1.33 bits per heavy atom. The Morgan fingerprint density at radius 3 is 2.93 bits per heavy atom. The monoisotopic (exact) mass is 429 g/mol. The lowest BCUT2D eigenvalue weighted by atomic mass is 9.88. The molecular formula is C22H31N5O2S. The van der Waals surface area contributed by atoms with Crippen LogP contribution in [0, 0.1) is 5.92 Å². The van der Waals surface area contributed by atoms with Gasteiger partial charge in [-0.2, -0.15) is 0 Å². The zero-order chi connectivity index (χ0) is 21.3. The summed E-state index contributed by atoms with van der Waals surface area (Å²) in [4.78, 5) is 19.2. The Labute approximate surface area is 182 Å². The number of ether oxygens (including phenoxy) is 1. The number of piperidine rings is 1. The second-order valence-corrected chi connectivity index (χ2v) is 8.53. The van der Waals surface area contributed by atoms with E-state index in [1.54, 1.807) is 7.05 Å². The van der Waals surface area contributed by atoms with E-state index in [1.165, 1.54) is 17.7 Å². The number of hydrogen-bond donors (Lipinski definition) is 3. The molecule has 2 atom stereocenters. The van der Waals surface area contributed by atoms with Gasteiger partial charge in [-0.15, -0.1) is 11.3 Å². The molecule has 2 aromatic rings. The average molecular weight is 430 g/mol. The van der Waals surface area contributed by atoms with Crippen LogP contribution < -0.4 is 21.1 Å². The number of thiophene rings is 1. The molecule has 0 saturated carbocycles. The first kappa shape index (κ1) is 22.1. The molecule has 1 aliphatic rings. The highest BCUT2D eigenvalue weighted by atomic mass is 32.1. The van der Waals surface area contributed by atoms with Crippen molar-refractivity contribution in [2.45, 2.75) is 25.4 Å². The van der Waals surface area contributed by atoms with Gasteiger partial charge in [0.1, 0.15) is 5.75 Å². The molecular weight excluding hydrogens is 398 g/mol. The maximum absolute atomic E-state index is 10.9. The Morgan fingerprint density at radius 2 is 2.20 bits per heavy atom. The van der Waals surface area contributed by atoms with E-state index in [9.17, 15) is 4.79 Å². The number of carbonyl (C=O) groups excluding carboxylic acids is 1. The van der Waals surface area contributed by atoms with Gasteiger partial charge >= 0.3 is 0 Å². The Bertz CT molecular complexity index is 840. The highest BCUT2D eigenvalue weighted by molar-refractivity contribution is 7.10. The predicted molar refractivity (Wildman–Crippen MR) is 122 cm³/mol. The van der Waals surface area contributed by atoms with Crippen LogP contribution in [0.15, 0.2) is 46.8 Å². The molecule has 7 nitrogen and oxygen atoms in total. The van der Waals surface area contributed by atoms with Crippen LogP contribution in [-0.2, 0) is 11.3 Å². The van der Waals surface area contributed by atoms with Crippen molar-refractivity contribution in [2.24, 2.45) is 16.6 Å². The maximum Gasteiger partial charge on any atom is 0.255 e. The van der Waals surface area contributed by atoms with Gasteiger partial charge in [0.2, 0.25) is 0 Å². The van der Waals surface area contributed by atoms with Gasteiger partial charge in [-0.25, -0.2) is 0 Å². The summed E-state index contributed by atoms with van der Waals surface area (Å²) in [5, 5.41) is 9.02. The van der Waals surface area contributed by atoms with Gasteiger partial charge in [0.05, 0.1) is 0 Å². The van der Waals surface area contributed by atoms with Crippen molar-refractivity contribution < 1.29 is 9.53 Å². The number of aliphatic imine (C=N–C) groups is 1. The molecule has 2 heterocycles. The zero-order valence-corrected chi connectivity index (χ0v) is 18.5. The van der Waals surface area contributed by atoms with Crippen molar-refractivity contribution in [1.29, 1.82) is 0 Å². The van der Waals surface area contributed by atoms with Crippen molar-refractivity contribution in [3.8, 4) is 5.75 Å². The summed E-state index contributed by atoms with van der Waals surface area (Å²) in [6, 6.07) is 12.4. The molecule has 1 fully saturated rings. The van der Waals surface area contributed by atoms with E-state index < -0.39 is 5.91 Å². The molecule has 2 unspecified atom stereocenters. The lowest BCUT2D eigenvalue weighted by Crippen LogP contribution is -2.44. The number of hydrogen-bond acceptors (Lipinski definition) is 5. The van der Waals surface area contributed by atoms with Crippen molar-refractivity contribution in [3.63, 3.8) is 0 Å². The number of carbonyl (C=O) groups is 1. The fraction of sp³-hybridized carbons (Fsp3) is 0.455. The number of amides is 1. The van der Waals surface area contributed by atoms with Crippen LogP contribution in [0.5, 0.6) is 5.75 Å². The quantitative estimate of drug-likeness (QED) is 0.443. The van der Waals surface area contributed by atoms with Crippen LogP contribution in [0.1, 0.15) is 29.3 Å². The number of benzene rings is 1. The molecule has 4 N–H and O–H groups in total. The molecule has 8 heteroatoms. The maximum atomic E-state index is 10.9. The van der Waals surface area contributed by atoms with Gasteiger partial charge < -0.3 is 21.1 Å². The fourth-order valence-corrected chi connectivity index (χ4v) is 4.90. The average Bonchev–Trinajstić information content (AvgIpc) is 3.27. The lowest BCUT2D eigenvalue weighted by molar-refractivity contribution is -0.119. The Balaban J connectivity index is 1.53. The number of guanidine groups is 1. The summed E-state index contributed by atoms with van der Waals surface area (Å²) < 4.78 is 5.37. The van der Waals surface area contributed by atoms with Gasteiger partial charge in [0, 0.05) is 31.1 Å². The molecule has 0 aliphatic carbocycles. The van der Waals surface area contributed by atoms with E-state index in [0.29, 0.717) is 24.3 Å². The van der Waals surface area contributed by atoms with Crippen LogP contribution in [0.25, 0.3) is 0 Å². The Kier molecular flexibility index (Phi) is 8.10. The number of nitrogens with zero attached hydrogens (tertiary/aromatic N) is 2. The molecule has 1 aromatic carbocycles. The molecule has 162 valence electrons. The summed E-state index contributed by atoms with van der Waals surface area (Å²) in [6.07, 6.45) is 2.42. The number of likely N-dealkylation sites (tertiary alicyclic amines) is 1. The van der Waals surface area contributed by atoms with E-state index in [1.807, 2.05) is 35.6 Å². The summed E-state index contributed by atoms with van der Waals surface area (Å²) in [5.41, 5.74) is 6.17. The topological polar surface area (TPSA) is 92.0 Å². The third-order valence-corrected chi connectivity index (χ3v) is 6.28. The predicted octanol–water partition coefficient (Wildman–Crippen LogP) is 2.36. The second kappa shape index (κ2) is 11.0. The van der Waals surface area contributed by atoms with Gasteiger partial charge in [0.15, 0.2) is 12.6 Å². The molecule has 0 radical (unpaired) electrons. The standard InChI is InChI=1S/C22H31N5O2S/c1-24-22(25-13-16-6-3-8-18(12-16)29-15-20(23)28)26-14-17-7-4-10-27(2)21(17)19-9-5-11-30-19/h3,5-6,8-9,11-12,17,21H,4,7,10,13-15H2,1-2H3,(H2,23,28)(H2,24,25,26). The van der Waals surface area contributed by atoms with Crippen LogP contribution >= 0.6 is 11.3 Å². The minimum atomic E-state index is -0.489. The van der Waals surface area contributed by atoms with Crippen LogP contribution in [-0.4, -0.2) is 50.6 Å². The van der Waals surface area contributed by atoms with E-state index in [0.717, 1.165) is 24.6 Å². The summed E-state index contributed by atoms with van der Waals surface area (Å²) >= 11 is 1.84. The van der Waals surface area contributed by atoms with Crippen molar-refractivity contribution in [1.82, 2.24) is 15.5 Å². The molecule has 30 heavy (non-hydrogen) atoms. The molecule has 1 amide bonds. The van der Waals surface area contributed by atoms with Crippen molar-refractivity contribution in [3.05, 3.63) is 52.2 Å². The van der Waals surface area contributed by atoms with Crippen LogP contribution in [0.2, 0.25) is 0 Å². The first-order chi connectivity index (χ1) is 14.6. The smallest absolute Gasteiger partial charge is 0.255 e. The number of nitrogens with one attached hydrogen (secondary N) is 2. The van der Waals surface area contributed by atoms with Gasteiger partial charge in [-0.3, -0.25) is 14.7 Å². The molecule has 3 rings (SSSR count). The largest absolute Gasteiger partial charge is 0.484 e. The zero-order valence-electron chi connectivity index (χ0n) is 17.6. The molecule has 1 aliphatic heterocycles. The summed E-state index contributed by atoms with van der Waals surface area (Å²) in [6.45, 7) is 2.49. The highest BCUT2D eigenvalue weighted by Gasteiger charge is 2.31. The third-order valence-electron chi connectivity index (χ3n) is 5.34. The van der Waals surface area contributed by atoms with Gasteiger partial charge in [-0.1, -0.05) is 18.2 Å². The Hall–Kier alpha value is -2.58. The second-order valence-electron chi connectivity index (χ2n) is 7.55. The van der Waals surface area contributed by atoms with Crippen LogP contribution in [0.3, 0.4) is 0 Å². The van der Waals surface area contributed by atoms with Crippen molar-refractivity contribution >= 4 is 23.2 Å². The first-order valence-electron chi connectivity index (χ1n) is 10.2. The van der Waals surface area contributed by atoms with Gasteiger partial charge in [0.25, 0.3) is 5.91 Å². The molecule has 1 aromatic heterocycles. The normalized spacial score (nSPS) is 20.0. The van der Waals surface area contributed by atoms with E-state index in [2.05, 4.69) is 45.1 Å². The summed E-state index contributed by atoms with van der Waals surface area (Å²) in [7, 11) is 4.00. The highest BCUT2D eigenvalue weighted by Crippen LogP contribution is 2.36. The molecule has 0 bridgehead atoms. The van der Waals surface area contributed by atoms with E-state index >= 15 is 0 Å². The molecule has 1 saturated heterocycles. The number of rotatable bonds is 8. The van der Waals surface area contributed by atoms with Gasteiger partial charge in [-0.05, 0) is 61.5 Å². The lowest BCUT2D eigenvalue weighted by Gasteiger charge is -2.39. The third kappa shape index (κ3) is 6.21. The summed E-state index contributed by atoms with van der Waals surface area (Å²) in [5.74, 6) is 1.44. The van der Waals surface area contributed by atoms with Crippen LogP contribution in [0.4, 0.5) is 0 Å². The number of nitrogens with two attached hydrogens (primary N) is 1. The van der Waals surface area contributed by atoms with E-state index in [-0.39, 0.29) is 6.61 Å². The SMILES string of the molecule is CN=C(NCc1cccc(OCC(N)=O)c1)NCC1CCCN(C)C1c1cccs1. The number of primary amides is 1. The minimum Gasteiger partial charge on any atom is -0.484 e. The van der Waals surface area contributed by atoms with E-state index in [4.69, 9.17) is 10.5 Å². The van der Waals surface area contributed by atoms with Crippen molar-refractivity contribution in [2.75, 3.05) is 33.8 Å².